The van der Waals surface area contributed by atoms with E-state index < -0.39 is 5.97 Å². The Morgan fingerprint density at radius 3 is 3.00 bits per heavy atom. The average Bonchev–Trinajstić information content (AvgIpc) is 2.92. The van der Waals surface area contributed by atoms with Gasteiger partial charge >= 0.3 is 5.97 Å². The predicted octanol–water partition coefficient (Wildman–Crippen LogP) is 0.760. The first-order chi connectivity index (χ1) is 9.15. The van der Waals surface area contributed by atoms with E-state index in [0.29, 0.717) is 30.8 Å². The SMILES string of the molecule is Cc1nc(-c2cn[nH]n2)nc2c1CC(C(=O)O)CC2. The van der Waals surface area contributed by atoms with Crippen LogP contribution in [0.4, 0.5) is 0 Å². The van der Waals surface area contributed by atoms with Crippen LogP contribution in [0, 0.1) is 12.8 Å². The summed E-state index contributed by atoms with van der Waals surface area (Å²) >= 11 is 0. The zero-order chi connectivity index (χ0) is 13.4. The van der Waals surface area contributed by atoms with Crippen LogP contribution in [0.1, 0.15) is 23.4 Å². The van der Waals surface area contributed by atoms with E-state index in [9.17, 15) is 4.79 Å². The molecule has 1 aliphatic carbocycles. The molecule has 2 aromatic rings. The van der Waals surface area contributed by atoms with Gasteiger partial charge in [-0.25, -0.2) is 9.97 Å². The minimum Gasteiger partial charge on any atom is -0.481 e. The number of carboxylic acids is 1. The van der Waals surface area contributed by atoms with Crippen LogP contribution >= 0.6 is 0 Å². The number of aromatic amines is 1. The molecule has 0 aromatic carbocycles. The maximum absolute atomic E-state index is 11.1. The number of nitrogens with zero attached hydrogens (tertiary/aromatic N) is 4. The van der Waals surface area contributed by atoms with Crippen LogP contribution < -0.4 is 0 Å². The fraction of sp³-hybridized carbons (Fsp3) is 0.417. The average molecular weight is 259 g/mol. The van der Waals surface area contributed by atoms with Gasteiger partial charge in [0, 0.05) is 11.4 Å². The number of carbonyl (C=O) groups is 1. The molecule has 0 saturated carbocycles. The van der Waals surface area contributed by atoms with Gasteiger partial charge < -0.3 is 5.11 Å². The van der Waals surface area contributed by atoms with Crippen molar-refractivity contribution in [3.8, 4) is 11.5 Å². The van der Waals surface area contributed by atoms with E-state index in [1.807, 2.05) is 6.92 Å². The number of aliphatic carboxylic acids is 1. The number of hydrogen-bond donors (Lipinski definition) is 2. The van der Waals surface area contributed by atoms with Gasteiger partial charge in [-0.3, -0.25) is 4.79 Å². The zero-order valence-electron chi connectivity index (χ0n) is 10.4. The molecule has 2 heterocycles. The minimum atomic E-state index is -0.745. The largest absolute Gasteiger partial charge is 0.481 e. The fourth-order valence-electron chi connectivity index (χ4n) is 2.42. The highest BCUT2D eigenvalue weighted by Crippen LogP contribution is 2.27. The molecule has 0 aliphatic heterocycles. The van der Waals surface area contributed by atoms with Crippen LogP contribution in [0.15, 0.2) is 6.20 Å². The maximum atomic E-state index is 11.1. The highest BCUT2D eigenvalue weighted by Gasteiger charge is 2.27. The van der Waals surface area contributed by atoms with Crippen molar-refractivity contribution >= 4 is 5.97 Å². The Kier molecular flexibility index (Phi) is 2.73. The third kappa shape index (κ3) is 2.07. The van der Waals surface area contributed by atoms with Crippen molar-refractivity contribution in [3.63, 3.8) is 0 Å². The summed E-state index contributed by atoms with van der Waals surface area (Å²) in [6, 6.07) is 0. The Balaban J connectivity index is 2.00. The number of H-pyrrole nitrogens is 1. The number of aromatic nitrogens is 5. The molecule has 0 radical (unpaired) electrons. The number of nitrogens with one attached hydrogen (secondary N) is 1. The Morgan fingerprint density at radius 2 is 2.32 bits per heavy atom. The molecular weight excluding hydrogens is 246 g/mol. The summed E-state index contributed by atoms with van der Waals surface area (Å²) in [6.07, 6.45) is 3.37. The Bertz CT molecular complexity index is 623. The summed E-state index contributed by atoms with van der Waals surface area (Å²) in [5, 5.41) is 19.3. The molecule has 1 aliphatic rings. The van der Waals surface area contributed by atoms with E-state index in [4.69, 9.17) is 5.11 Å². The molecule has 0 bridgehead atoms. The number of hydrogen-bond acceptors (Lipinski definition) is 5. The zero-order valence-corrected chi connectivity index (χ0v) is 10.4. The highest BCUT2D eigenvalue weighted by atomic mass is 16.4. The Hall–Kier alpha value is -2.31. The first kappa shape index (κ1) is 11.8. The van der Waals surface area contributed by atoms with E-state index in [1.165, 1.54) is 0 Å². The molecule has 2 N–H and O–H groups in total. The van der Waals surface area contributed by atoms with Gasteiger partial charge in [0.25, 0.3) is 0 Å². The molecule has 0 saturated heterocycles. The molecule has 98 valence electrons. The molecule has 0 amide bonds. The molecule has 0 fully saturated rings. The Labute approximate surface area is 109 Å². The van der Waals surface area contributed by atoms with Crippen LogP contribution in [0.5, 0.6) is 0 Å². The highest BCUT2D eigenvalue weighted by molar-refractivity contribution is 5.71. The minimum absolute atomic E-state index is 0.326. The van der Waals surface area contributed by atoms with Crippen molar-refractivity contribution in [2.24, 2.45) is 5.92 Å². The van der Waals surface area contributed by atoms with Gasteiger partial charge in [-0.05, 0) is 31.7 Å². The number of carboxylic acid groups (broad SMARTS) is 1. The molecule has 1 unspecified atom stereocenters. The summed E-state index contributed by atoms with van der Waals surface area (Å²) in [5.74, 6) is -0.530. The fourth-order valence-corrected chi connectivity index (χ4v) is 2.42. The van der Waals surface area contributed by atoms with Gasteiger partial charge in [0.1, 0.15) is 5.69 Å². The lowest BCUT2D eigenvalue weighted by Crippen LogP contribution is -2.24. The van der Waals surface area contributed by atoms with Gasteiger partial charge in [0.15, 0.2) is 5.82 Å². The van der Waals surface area contributed by atoms with Crippen molar-refractivity contribution < 1.29 is 9.90 Å². The van der Waals surface area contributed by atoms with Gasteiger partial charge in [0.05, 0.1) is 12.1 Å². The number of aryl methyl sites for hydroxylation is 2. The van der Waals surface area contributed by atoms with Gasteiger partial charge in [-0.15, -0.1) is 0 Å². The first-order valence-corrected chi connectivity index (χ1v) is 6.10. The lowest BCUT2D eigenvalue weighted by Gasteiger charge is -2.22. The van der Waals surface area contributed by atoms with Gasteiger partial charge in [-0.2, -0.15) is 15.4 Å². The van der Waals surface area contributed by atoms with E-state index in [2.05, 4.69) is 25.4 Å². The normalized spacial score (nSPS) is 18.1. The molecule has 7 nitrogen and oxygen atoms in total. The Morgan fingerprint density at radius 1 is 1.47 bits per heavy atom. The molecule has 3 rings (SSSR count). The summed E-state index contributed by atoms with van der Waals surface area (Å²) in [6.45, 7) is 1.88. The second-order valence-electron chi connectivity index (χ2n) is 4.69. The summed E-state index contributed by atoms with van der Waals surface area (Å²) in [4.78, 5) is 19.9. The van der Waals surface area contributed by atoms with Crippen molar-refractivity contribution in [3.05, 3.63) is 23.1 Å². The van der Waals surface area contributed by atoms with Crippen molar-refractivity contribution in [2.45, 2.75) is 26.2 Å². The second kappa shape index (κ2) is 4.42. The quantitative estimate of drug-likeness (QED) is 0.825. The van der Waals surface area contributed by atoms with Gasteiger partial charge in [-0.1, -0.05) is 0 Å². The molecule has 2 aromatic heterocycles. The van der Waals surface area contributed by atoms with Crippen LogP contribution in [-0.4, -0.2) is 36.5 Å². The van der Waals surface area contributed by atoms with E-state index in [-0.39, 0.29) is 5.92 Å². The van der Waals surface area contributed by atoms with Crippen molar-refractivity contribution in [2.75, 3.05) is 0 Å². The predicted molar refractivity (Wildman–Crippen MR) is 65.3 cm³/mol. The van der Waals surface area contributed by atoms with E-state index >= 15 is 0 Å². The van der Waals surface area contributed by atoms with Crippen molar-refractivity contribution in [1.29, 1.82) is 0 Å². The van der Waals surface area contributed by atoms with Crippen LogP contribution in [0.25, 0.3) is 11.5 Å². The van der Waals surface area contributed by atoms with Crippen LogP contribution in [0.3, 0.4) is 0 Å². The lowest BCUT2D eigenvalue weighted by molar-refractivity contribution is -0.142. The van der Waals surface area contributed by atoms with Gasteiger partial charge in [0.2, 0.25) is 0 Å². The monoisotopic (exact) mass is 259 g/mol. The lowest BCUT2D eigenvalue weighted by atomic mass is 9.86. The van der Waals surface area contributed by atoms with Crippen LogP contribution in [0.2, 0.25) is 0 Å². The first-order valence-electron chi connectivity index (χ1n) is 6.10. The molecule has 19 heavy (non-hydrogen) atoms. The van der Waals surface area contributed by atoms with E-state index in [0.717, 1.165) is 17.0 Å². The molecular formula is C12H13N5O2. The smallest absolute Gasteiger partial charge is 0.306 e. The third-order valence-corrected chi connectivity index (χ3v) is 3.47. The summed E-state index contributed by atoms with van der Waals surface area (Å²) < 4.78 is 0. The number of fused-ring (bicyclic) bond motifs is 1. The maximum Gasteiger partial charge on any atom is 0.306 e. The molecule has 1 atom stereocenters. The van der Waals surface area contributed by atoms with E-state index in [1.54, 1.807) is 6.20 Å². The summed E-state index contributed by atoms with van der Waals surface area (Å²) in [5.41, 5.74) is 3.33. The summed E-state index contributed by atoms with van der Waals surface area (Å²) in [7, 11) is 0. The molecule has 0 spiro atoms. The third-order valence-electron chi connectivity index (χ3n) is 3.47. The molecule has 7 heteroatoms. The number of rotatable bonds is 2. The van der Waals surface area contributed by atoms with Crippen molar-refractivity contribution in [1.82, 2.24) is 25.4 Å². The second-order valence-corrected chi connectivity index (χ2v) is 4.69. The standard InChI is InChI=1S/C12H13N5O2/c1-6-8-4-7(12(18)19)2-3-9(8)15-11(14-6)10-5-13-17-16-10/h5,7H,2-4H2,1H3,(H,18,19)(H,13,16,17). The topological polar surface area (TPSA) is 105 Å². The van der Waals surface area contributed by atoms with Crippen LogP contribution in [-0.2, 0) is 17.6 Å².